The molecule has 1 nitrogen and oxygen atoms in total. The fraction of sp³-hybridized carbons (Fsp3) is 0.684. The standard InChI is InChI=1S/C19H5Cl27O/c20-8(21,11(26,27)14(32,33)17(38,39)40)4-1-6(9(22,23)12(28,29)15(34,35)18(41,42)43)5(3-47)7(2-4)10(24,25)13(30,31)16(36,37)19(44,45)46/h1-2,47H,3H2. The van der Waals surface area contributed by atoms with E-state index in [-0.39, 0.29) is 0 Å². The highest BCUT2D eigenvalue weighted by Crippen LogP contribution is 2.70. The second-order valence-corrected chi connectivity index (χ2v) is 27.7. The topological polar surface area (TPSA) is 20.2 Å². The van der Waals surface area contributed by atoms with Crippen LogP contribution in [0.4, 0.5) is 0 Å². The van der Waals surface area contributed by atoms with Gasteiger partial charge in [0.1, 0.15) is 0 Å². The van der Waals surface area contributed by atoms with E-state index in [4.69, 9.17) is 313 Å². The highest BCUT2D eigenvalue weighted by molar-refractivity contribution is 6.82. The third-order valence-corrected chi connectivity index (χ3v) is 22.3. The van der Waals surface area contributed by atoms with Crippen LogP contribution in [0.5, 0.6) is 0 Å². The smallest absolute Gasteiger partial charge is 0.226 e. The fourth-order valence-electron chi connectivity index (χ4n) is 3.23. The Labute approximate surface area is 403 Å². The highest BCUT2D eigenvalue weighted by atomic mass is 35.6. The number of aliphatic hydroxyl groups excluding tert-OH is 1. The normalized spacial score (nSPS) is 16.2. The van der Waals surface area contributed by atoms with E-state index in [9.17, 15) is 5.11 Å². The monoisotopic (exact) mass is 1190 g/mol. The van der Waals surface area contributed by atoms with Crippen molar-refractivity contribution in [2.24, 2.45) is 0 Å². The molecule has 28 heteroatoms. The summed E-state index contributed by atoms with van der Waals surface area (Å²) in [6, 6.07) is 1.66. The van der Waals surface area contributed by atoms with E-state index in [0.717, 1.165) is 12.1 Å². The van der Waals surface area contributed by atoms with Gasteiger partial charge in [-0.15, -0.1) is 0 Å². The van der Waals surface area contributed by atoms with Crippen molar-refractivity contribution in [3.05, 3.63) is 34.4 Å². The maximum absolute atomic E-state index is 10.7. The molecule has 0 fully saturated rings. The third kappa shape index (κ3) is 8.97. The van der Waals surface area contributed by atoms with Crippen LogP contribution in [0.2, 0.25) is 0 Å². The lowest BCUT2D eigenvalue weighted by atomic mass is 9.88. The molecule has 1 aromatic rings. The van der Waals surface area contributed by atoms with Gasteiger partial charge >= 0.3 is 0 Å². The fourth-order valence-corrected chi connectivity index (χ4v) is 10.0. The van der Waals surface area contributed by atoms with Crippen molar-refractivity contribution in [2.45, 2.75) is 57.0 Å². The molecule has 0 aliphatic carbocycles. The summed E-state index contributed by atoms with van der Waals surface area (Å²) in [5, 5.41) is 10.7. The quantitative estimate of drug-likeness (QED) is 0.232. The van der Waals surface area contributed by atoms with Gasteiger partial charge in [0.05, 0.1) is 6.61 Å². The highest BCUT2D eigenvalue weighted by Gasteiger charge is 2.73. The van der Waals surface area contributed by atoms with Crippen LogP contribution in [0.25, 0.3) is 0 Å². The molecule has 0 saturated carbocycles. The van der Waals surface area contributed by atoms with Crippen molar-refractivity contribution in [3.63, 3.8) is 0 Å². The number of alkyl halides is 27. The Morgan fingerprint density at radius 2 is 0.553 bits per heavy atom. The van der Waals surface area contributed by atoms with Crippen molar-refractivity contribution in [1.29, 1.82) is 0 Å². The zero-order valence-corrected chi connectivity index (χ0v) is 40.9. The lowest BCUT2D eigenvalue weighted by molar-refractivity contribution is 0.277. The minimum Gasteiger partial charge on any atom is -0.392 e. The zero-order chi connectivity index (χ0) is 38.4. The average Bonchev–Trinajstić information content (AvgIpc) is 2.84. The molecular weight excluding hydrogens is 1200 g/mol. The summed E-state index contributed by atoms with van der Waals surface area (Å²) in [4.78, 5) is 0. The Kier molecular flexibility index (Phi) is 18.0. The molecule has 0 atom stereocenters. The van der Waals surface area contributed by atoms with Gasteiger partial charge in [-0.05, 0) is 34.4 Å². The predicted octanol–water partition coefficient (Wildman–Crippen LogP) is 17.2. The van der Waals surface area contributed by atoms with Crippen LogP contribution < -0.4 is 0 Å². The molecule has 0 bridgehead atoms. The van der Waals surface area contributed by atoms with E-state index in [1.807, 2.05) is 0 Å². The Hall–Kier alpha value is 7.01. The summed E-state index contributed by atoms with van der Waals surface area (Å²) >= 11 is 170. The summed E-state index contributed by atoms with van der Waals surface area (Å²) in [6.45, 7) is -1.18. The molecule has 0 spiro atoms. The van der Waals surface area contributed by atoms with E-state index < -0.39 is 79.2 Å². The van der Waals surface area contributed by atoms with Gasteiger partial charge in [-0.3, -0.25) is 0 Å². The van der Waals surface area contributed by atoms with E-state index in [1.165, 1.54) is 0 Å². The van der Waals surface area contributed by atoms with Crippen LogP contribution in [0.1, 0.15) is 22.3 Å². The van der Waals surface area contributed by atoms with E-state index in [2.05, 4.69) is 0 Å². The molecule has 0 saturated heterocycles. The van der Waals surface area contributed by atoms with Crippen LogP contribution in [-0.4, -0.2) is 42.5 Å². The Bertz CT molecular complexity index is 1240. The van der Waals surface area contributed by atoms with E-state index in [1.54, 1.807) is 0 Å². The summed E-state index contributed by atoms with van der Waals surface area (Å²) in [5.41, 5.74) is -2.63. The van der Waals surface area contributed by atoms with Gasteiger partial charge in [-0.2, -0.15) is 0 Å². The van der Waals surface area contributed by atoms with E-state index in [0.29, 0.717) is 0 Å². The summed E-state index contributed by atoms with van der Waals surface area (Å²) < 4.78 is -34.8. The molecule has 1 aromatic carbocycles. The van der Waals surface area contributed by atoms with Gasteiger partial charge in [-0.1, -0.05) is 313 Å². The molecule has 1 N–H and O–H groups in total. The first kappa shape index (κ1) is 52.0. The summed E-state index contributed by atoms with van der Waals surface area (Å²) in [6.07, 6.45) is 0. The van der Waals surface area contributed by atoms with Gasteiger partial charge < -0.3 is 5.11 Å². The summed E-state index contributed by atoms with van der Waals surface area (Å²) in [7, 11) is 0. The number of hydrogen-bond donors (Lipinski definition) is 1. The molecular formula is C19H5Cl27O. The lowest BCUT2D eigenvalue weighted by Gasteiger charge is -2.48. The minimum atomic E-state index is -3.03. The largest absolute Gasteiger partial charge is 0.392 e. The number of aliphatic hydroxyl groups is 1. The second-order valence-electron chi connectivity index (χ2n) is 8.87. The zero-order valence-electron chi connectivity index (χ0n) is 20.5. The van der Waals surface area contributed by atoms with Gasteiger partial charge in [-0.25, -0.2) is 0 Å². The van der Waals surface area contributed by atoms with Crippen molar-refractivity contribution in [3.8, 4) is 0 Å². The van der Waals surface area contributed by atoms with Crippen LogP contribution in [-0.2, 0) is 19.6 Å². The van der Waals surface area contributed by atoms with Crippen molar-refractivity contribution < 1.29 is 5.11 Å². The number of hydrogen-bond acceptors (Lipinski definition) is 1. The van der Waals surface area contributed by atoms with Crippen LogP contribution >= 0.6 is 313 Å². The second kappa shape index (κ2) is 16.2. The predicted molar refractivity (Wildman–Crippen MR) is 220 cm³/mol. The molecule has 0 amide bonds. The van der Waals surface area contributed by atoms with Gasteiger partial charge in [0.2, 0.25) is 24.4 Å². The minimum absolute atomic E-state index is 0.578. The number of halogens is 27. The molecule has 0 aliphatic rings. The van der Waals surface area contributed by atoms with Gasteiger partial charge in [0, 0.05) is 0 Å². The molecule has 0 unspecified atom stereocenters. The maximum Gasteiger partial charge on any atom is 0.226 e. The molecule has 0 heterocycles. The van der Waals surface area contributed by atoms with Gasteiger partial charge in [0.15, 0.2) is 26.0 Å². The first-order valence-electron chi connectivity index (χ1n) is 10.4. The van der Waals surface area contributed by atoms with Gasteiger partial charge in [0.25, 0.3) is 0 Å². The lowest BCUT2D eigenvalue weighted by Crippen LogP contribution is -2.57. The summed E-state index contributed by atoms with van der Waals surface area (Å²) in [5.74, 6) is 0. The molecule has 47 heavy (non-hydrogen) atoms. The van der Waals surface area contributed by atoms with Crippen LogP contribution in [0, 0.1) is 0 Å². The number of benzene rings is 1. The van der Waals surface area contributed by atoms with E-state index >= 15 is 0 Å². The SMILES string of the molecule is OCc1c(C(Cl)(Cl)C(Cl)(Cl)C(Cl)(Cl)C(Cl)(Cl)Cl)cc(C(Cl)(Cl)C(Cl)(Cl)C(Cl)(Cl)C(Cl)(Cl)Cl)cc1C(Cl)(Cl)C(Cl)(Cl)C(Cl)(Cl)C(Cl)(Cl)Cl. The molecule has 276 valence electrons. The third-order valence-electron chi connectivity index (χ3n) is 5.88. The van der Waals surface area contributed by atoms with Crippen molar-refractivity contribution >= 4 is 313 Å². The molecule has 0 aliphatic heterocycles. The molecule has 1 rings (SSSR count). The van der Waals surface area contributed by atoms with Crippen LogP contribution in [0.3, 0.4) is 0 Å². The van der Waals surface area contributed by atoms with Crippen molar-refractivity contribution in [2.75, 3.05) is 0 Å². The maximum atomic E-state index is 10.7. The Morgan fingerprint density at radius 1 is 0.340 bits per heavy atom. The Balaban J connectivity index is 4.67. The Morgan fingerprint density at radius 3 is 0.745 bits per heavy atom. The molecule has 0 radical (unpaired) electrons. The van der Waals surface area contributed by atoms with Crippen molar-refractivity contribution in [1.82, 2.24) is 0 Å². The van der Waals surface area contributed by atoms with Crippen LogP contribution in [0.15, 0.2) is 12.1 Å². The first-order chi connectivity index (χ1) is 20.0. The molecule has 0 aromatic heterocycles. The average molecular weight is 1210 g/mol. The number of rotatable bonds is 10. The first-order valence-corrected chi connectivity index (χ1v) is 20.6.